The van der Waals surface area contributed by atoms with Crippen molar-refractivity contribution < 1.29 is 14.3 Å². The quantitative estimate of drug-likeness (QED) is 0.461. The van der Waals surface area contributed by atoms with Gasteiger partial charge in [0.25, 0.3) is 0 Å². The Labute approximate surface area is 152 Å². The zero-order valence-corrected chi connectivity index (χ0v) is 14.9. The number of para-hydroxylation sites is 1. The van der Waals surface area contributed by atoms with Gasteiger partial charge in [0.05, 0.1) is 24.0 Å². The fraction of sp³-hybridized carbons (Fsp3) is 0.0625. The van der Waals surface area contributed by atoms with Crippen LogP contribution in [0.15, 0.2) is 52.0 Å². The van der Waals surface area contributed by atoms with Crippen molar-refractivity contribution in [1.82, 2.24) is 5.43 Å². The molecule has 0 aliphatic heterocycles. The number of rotatable bonds is 4. The van der Waals surface area contributed by atoms with Crippen molar-refractivity contribution in [1.29, 1.82) is 0 Å². The van der Waals surface area contributed by atoms with E-state index in [-0.39, 0.29) is 0 Å². The van der Waals surface area contributed by atoms with Crippen LogP contribution in [-0.4, -0.2) is 25.1 Å². The Hall–Kier alpha value is -2.38. The van der Waals surface area contributed by atoms with E-state index in [1.807, 2.05) is 6.07 Å². The van der Waals surface area contributed by atoms with E-state index in [0.717, 1.165) is 4.47 Å². The summed E-state index contributed by atoms with van der Waals surface area (Å²) in [7, 11) is 1.52. The molecule has 0 radical (unpaired) electrons. The summed E-state index contributed by atoms with van der Waals surface area (Å²) in [5.41, 5.74) is 3.13. The Morgan fingerprint density at radius 2 is 1.96 bits per heavy atom. The van der Waals surface area contributed by atoms with Crippen molar-refractivity contribution in [3.63, 3.8) is 0 Å². The van der Waals surface area contributed by atoms with Crippen LogP contribution in [0, 0.1) is 0 Å². The van der Waals surface area contributed by atoms with E-state index in [4.69, 9.17) is 16.3 Å². The molecule has 0 saturated carbocycles. The molecule has 8 heteroatoms. The molecule has 124 valence electrons. The van der Waals surface area contributed by atoms with Crippen molar-refractivity contribution in [2.75, 3.05) is 12.4 Å². The van der Waals surface area contributed by atoms with E-state index in [1.165, 1.54) is 13.3 Å². The number of benzene rings is 2. The first-order chi connectivity index (χ1) is 11.5. The number of hydrogen-bond donors (Lipinski definition) is 2. The maximum atomic E-state index is 11.8. The Morgan fingerprint density at radius 3 is 2.67 bits per heavy atom. The molecule has 2 aromatic carbocycles. The summed E-state index contributed by atoms with van der Waals surface area (Å²) in [5.74, 6) is -1.21. The lowest BCUT2D eigenvalue weighted by atomic mass is 10.2. The molecule has 2 amide bonds. The molecule has 2 N–H and O–H groups in total. The molecule has 0 aliphatic rings. The van der Waals surface area contributed by atoms with Crippen LogP contribution >= 0.6 is 27.5 Å². The predicted octanol–water partition coefficient (Wildman–Crippen LogP) is 3.20. The van der Waals surface area contributed by atoms with Crippen LogP contribution in [-0.2, 0) is 9.59 Å². The summed E-state index contributed by atoms with van der Waals surface area (Å²) in [6, 6.07) is 11.9. The predicted molar refractivity (Wildman–Crippen MR) is 96.5 cm³/mol. The molecule has 0 aromatic heterocycles. The third-order valence-corrected chi connectivity index (χ3v) is 3.71. The summed E-state index contributed by atoms with van der Waals surface area (Å²) in [4.78, 5) is 23.5. The highest BCUT2D eigenvalue weighted by Gasteiger charge is 2.14. The summed E-state index contributed by atoms with van der Waals surface area (Å²) in [6.45, 7) is 0. The van der Waals surface area contributed by atoms with Crippen LogP contribution < -0.4 is 15.5 Å². The van der Waals surface area contributed by atoms with Crippen molar-refractivity contribution in [2.45, 2.75) is 0 Å². The zero-order chi connectivity index (χ0) is 17.5. The SMILES string of the molecule is COc1ccc(Br)cc1C=NNC(=O)C(=O)Nc1ccccc1Cl. The second-order valence-corrected chi connectivity index (χ2v) is 5.84. The smallest absolute Gasteiger partial charge is 0.329 e. The summed E-state index contributed by atoms with van der Waals surface area (Å²) < 4.78 is 6.01. The van der Waals surface area contributed by atoms with Gasteiger partial charge in [-0.15, -0.1) is 0 Å². The summed E-state index contributed by atoms with van der Waals surface area (Å²) >= 11 is 9.24. The summed E-state index contributed by atoms with van der Waals surface area (Å²) in [5, 5.41) is 6.49. The number of nitrogens with one attached hydrogen (secondary N) is 2. The first-order valence-electron chi connectivity index (χ1n) is 6.73. The molecular formula is C16H13BrClN3O3. The number of amides is 2. The normalized spacial score (nSPS) is 10.5. The molecule has 0 atom stereocenters. The van der Waals surface area contributed by atoms with Crippen LogP contribution in [0.3, 0.4) is 0 Å². The van der Waals surface area contributed by atoms with Crippen LogP contribution in [0.25, 0.3) is 0 Å². The minimum Gasteiger partial charge on any atom is -0.496 e. The van der Waals surface area contributed by atoms with E-state index >= 15 is 0 Å². The molecule has 0 unspecified atom stereocenters. The van der Waals surface area contributed by atoms with Gasteiger partial charge in [0, 0.05) is 10.0 Å². The topological polar surface area (TPSA) is 79.8 Å². The second-order valence-electron chi connectivity index (χ2n) is 4.52. The standard InChI is InChI=1S/C16H13BrClN3O3/c1-24-14-7-6-11(17)8-10(14)9-19-21-16(23)15(22)20-13-5-3-2-4-12(13)18/h2-9H,1H3,(H,20,22)(H,21,23). The Morgan fingerprint density at radius 1 is 1.21 bits per heavy atom. The monoisotopic (exact) mass is 409 g/mol. The minimum absolute atomic E-state index is 0.334. The van der Waals surface area contributed by atoms with E-state index in [9.17, 15) is 9.59 Å². The van der Waals surface area contributed by atoms with Gasteiger partial charge in [-0.2, -0.15) is 5.10 Å². The number of ether oxygens (including phenoxy) is 1. The number of hydrogen-bond acceptors (Lipinski definition) is 4. The van der Waals surface area contributed by atoms with Gasteiger partial charge in [-0.25, -0.2) is 5.43 Å². The minimum atomic E-state index is -0.917. The van der Waals surface area contributed by atoms with Gasteiger partial charge in [-0.3, -0.25) is 9.59 Å². The van der Waals surface area contributed by atoms with Crippen LogP contribution in [0.5, 0.6) is 5.75 Å². The highest BCUT2D eigenvalue weighted by Crippen LogP contribution is 2.21. The second kappa shape index (κ2) is 8.47. The average Bonchev–Trinajstić information content (AvgIpc) is 2.57. The number of methoxy groups -OCH3 is 1. The fourth-order valence-electron chi connectivity index (χ4n) is 1.76. The molecule has 0 aliphatic carbocycles. The maximum Gasteiger partial charge on any atom is 0.329 e. The van der Waals surface area contributed by atoms with Crippen molar-refractivity contribution in [2.24, 2.45) is 5.10 Å². The largest absolute Gasteiger partial charge is 0.496 e. The number of carbonyl (C=O) groups excluding carboxylic acids is 2. The van der Waals surface area contributed by atoms with Gasteiger partial charge >= 0.3 is 11.8 Å². The Bertz CT molecular complexity index is 796. The van der Waals surface area contributed by atoms with E-state index in [1.54, 1.807) is 36.4 Å². The van der Waals surface area contributed by atoms with Gasteiger partial charge in [0.15, 0.2) is 0 Å². The molecule has 0 saturated heterocycles. The Kier molecular flexibility index (Phi) is 6.34. The molecule has 0 spiro atoms. The summed E-state index contributed by atoms with van der Waals surface area (Å²) in [6.07, 6.45) is 1.38. The first-order valence-corrected chi connectivity index (χ1v) is 7.91. The molecular weight excluding hydrogens is 398 g/mol. The molecule has 0 bridgehead atoms. The third kappa shape index (κ3) is 4.81. The molecule has 2 rings (SSSR count). The number of anilines is 1. The van der Waals surface area contributed by atoms with Gasteiger partial charge < -0.3 is 10.1 Å². The lowest BCUT2D eigenvalue weighted by Crippen LogP contribution is -2.32. The number of nitrogens with zero attached hydrogens (tertiary/aromatic N) is 1. The molecule has 0 heterocycles. The molecule has 6 nitrogen and oxygen atoms in total. The number of hydrazone groups is 1. The van der Waals surface area contributed by atoms with Crippen molar-refractivity contribution in [3.8, 4) is 5.75 Å². The van der Waals surface area contributed by atoms with Gasteiger partial charge in [-0.1, -0.05) is 39.7 Å². The van der Waals surface area contributed by atoms with E-state index in [2.05, 4.69) is 31.8 Å². The lowest BCUT2D eigenvalue weighted by molar-refractivity contribution is -0.136. The highest BCUT2D eigenvalue weighted by atomic mass is 79.9. The maximum absolute atomic E-state index is 11.8. The highest BCUT2D eigenvalue weighted by molar-refractivity contribution is 9.10. The first kappa shape index (κ1) is 18.0. The van der Waals surface area contributed by atoms with Gasteiger partial charge in [-0.05, 0) is 30.3 Å². The van der Waals surface area contributed by atoms with E-state index in [0.29, 0.717) is 22.0 Å². The van der Waals surface area contributed by atoms with Crippen molar-refractivity contribution >= 4 is 51.2 Å². The molecule has 0 fully saturated rings. The lowest BCUT2D eigenvalue weighted by Gasteiger charge is -2.06. The third-order valence-electron chi connectivity index (χ3n) is 2.89. The molecule has 24 heavy (non-hydrogen) atoms. The zero-order valence-electron chi connectivity index (χ0n) is 12.5. The fourth-order valence-corrected chi connectivity index (χ4v) is 2.32. The average molecular weight is 411 g/mol. The van der Waals surface area contributed by atoms with Gasteiger partial charge in [0.1, 0.15) is 5.75 Å². The molecule has 2 aromatic rings. The van der Waals surface area contributed by atoms with Crippen molar-refractivity contribution in [3.05, 3.63) is 57.5 Å². The van der Waals surface area contributed by atoms with Gasteiger partial charge in [0.2, 0.25) is 0 Å². The van der Waals surface area contributed by atoms with E-state index < -0.39 is 11.8 Å². The van der Waals surface area contributed by atoms with Crippen LogP contribution in [0.2, 0.25) is 5.02 Å². The van der Waals surface area contributed by atoms with Crippen LogP contribution in [0.1, 0.15) is 5.56 Å². The van der Waals surface area contributed by atoms with Crippen LogP contribution in [0.4, 0.5) is 5.69 Å². The number of halogens is 2. The number of carbonyl (C=O) groups is 2. The Balaban J connectivity index is 1.99.